The summed E-state index contributed by atoms with van der Waals surface area (Å²) in [6, 6.07) is 11.1. The van der Waals surface area contributed by atoms with E-state index >= 15 is 0 Å². The second-order valence-electron chi connectivity index (χ2n) is 4.93. The van der Waals surface area contributed by atoms with Gasteiger partial charge in [0.1, 0.15) is 5.82 Å². The predicted molar refractivity (Wildman–Crippen MR) is 85.9 cm³/mol. The van der Waals surface area contributed by atoms with Crippen LogP contribution < -0.4 is 10.9 Å². The van der Waals surface area contributed by atoms with Gasteiger partial charge in [0, 0.05) is 34.2 Å². The number of benzene rings is 1. The van der Waals surface area contributed by atoms with Gasteiger partial charge in [-0.25, -0.2) is 4.98 Å². The van der Waals surface area contributed by atoms with Crippen LogP contribution in [0.4, 0.5) is 5.82 Å². The van der Waals surface area contributed by atoms with E-state index in [-0.39, 0.29) is 5.56 Å². The Balaban J connectivity index is 1.90. The number of hydrogen-bond acceptors (Lipinski definition) is 3. The molecule has 0 spiro atoms. The lowest BCUT2D eigenvalue weighted by Crippen LogP contribution is -2.16. The topological polar surface area (TPSA) is 57.8 Å². The molecule has 2 aromatic heterocycles. The van der Waals surface area contributed by atoms with Gasteiger partial charge in [-0.1, -0.05) is 11.6 Å². The zero-order valence-electron chi connectivity index (χ0n) is 11.5. The lowest BCUT2D eigenvalue weighted by molar-refractivity contribution is 1.07. The molecule has 3 aromatic rings. The third kappa shape index (κ3) is 3.06. The van der Waals surface area contributed by atoms with E-state index in [4.69, 9.17) is 11.6 Å². The van der Waals surface area contributed by atoms with Gasteiger partial charge in [0.2, 0.25) is 0 Å². The van der Waals surface area contributed by atoms with Gasteiger partial charge in [-0.15, -0.1) is 0 Å². The van der Waals surface area contributed by atoms with Crippen molar-refractivity contribution in [3.8, 4) is 0 Å². The molecule has 0 saturated heterocycles. The van der Waals surface area contributed by atoms with Crippen LogP contribution in [0.1, 0.15) is 11.1 Å². The Morgan fingerprint density at radius 1 is 1.24 bits per heavy atom. The van der Waals surface area contributed by atoms with Crippen LogP contribution >= 0.6 is 11.6 Å². The van der Waals surface area contributed by atoms with E-state index in [0.717, 1.165) is 22.3 Å². The normalized spacial score (nSPS) is 10.8. The van der Waals surface area contributed by atoms with Crippen LogP contribution in [0.3, 0.4) is 0 Å². The van der Waals surface area contributed by atoms with Gasteiger partial charge in [-0.05, 0) is 48.9 Å². The third-order valence-corrected chi connectivity index (χ3v) is 3.49. The minimum absolute atomic E-state index is 0.107. The molecule has 0 atom stereocenters. The summed E-state index contributed by atoms with van der Waals surface area (Å²) in [6.45, 7) is 2.41. The number of hydrogen-bond donors (Lipinski definition) is 2. The molecule has 0 aliphatic heterocycles. The van der Waals surface area contributed by atoms with Gasteiger partial charge in [-0.3, -0.25) is 4.79 Å². The summed E-state index contributed by atoms with van der Waals surface area (Å²) >= 11 is 5.98. The Labute approximate surface area is 126 Å². The van der Waals surface area contributed by atoms with E-state index in [9.17, 15) is 4.79 Å². The quantitative estimate of drug-likeness (QED) is 0.778. The first-order chi connectivity index (χ1) is 10.1. The van der Waals surface area contributed by atoms with Crippen molar-refractivity contribution < 1.29 is 0 Å². The fourth-order valence-electron chi connectivity index (χ4n) is 2.17. The Morgan fingerprint density at radius 3 is 2.90 bits per heavy atom. The smallest absolute Gasteiger partial charge is 0.253 e. The number of aromatic nitrogens is 2. The van der Waals surface area contributed by atoms with Crippen molar-refractivity contribution in [3.63, 3.8) is 0 Å². The van der Waals surface area contributed by atoms with Crippen LogP contribution in [0.5, 0.6) is 0 Å². The van der Waals surface area contributed by atoms with Crippen LogP contribution in [0.15, 0.2) is 47.4 Å². The Morgan fingerprint density at radius 2 is 2.10 bits per heavy atom. The number of fused-ring (bicyclic) bond motifs is 1. The number of nitrogens with zero attached hydrogens (tertiary/aromatic N) is 1. The summed E-state index contributed by atoms with van der Waals surface area (Å²) in [5.41, 5.74) is 2.44. The number of H-pyrrole nitrogens is 1. The van der Waals surface area contributed by atoms with Crippen molar-refractivity contribution in [3.05, 3.63) is 69.1 Å². The lowest BCUT2D eigenvalue weighted by atomic mass is 10.1. The van der Waals surface area contributed by atoms with Crippen LogP contribution in [0.2, 0.25) is 5.02 Å². The zero-order valence-corrected chi connectivity index (χ0v) is 12.2. The maximum Gasteiger partial charge on any atom is 0.253 e. The van der Waals surface area contributed by atoms with Crippen LogP contribution in [-0.4, -0.2) is 9.97 Å². The van der Waals surface area contributed by atoms with E-state index in [0.29, 0.717) is 17.1 Å². The van der Waals surface area contributed by atoms with Crippen molar-refractivity contribution >= 4 is 28.3 Å². The van der Waals surface area contributed by atoms with E-state index in [1.54, 1.807) is 18.3 Å². The highest BCUT2D eigenvalue weighted by molar-refractivity contribution is 6.31. The number of halogens is 1. The molecular formula is C16H14ClN3O. The largest absolute Gasteiger partial charge is 0.366 e. The summed E-state index contributed by atoms with van der Waals surface area (Å²) in [5, 5.41) is 4.72. The molecule has 2 heterocycles. The third-order valence-electron chi connectivity index (χ3n) is 3.26. The Bertz CT molecular complexity index is 858. The highest BCUT2D eigenvalue weighted by Crippen LogP contribution is 2.17. The van der Waals surface area contributed by atoms with E-state index < -0.39 is 0 Å². The molecule has 0 bridgehead atoms. The van der Waals surface area contributed by atoms with Gasteiger partial charge in [0.05, 0.1) is 0 Å². The molecule has 5 heteroatoms. The first kappa shape index (κ1) is 13.6. The molecule has 3 rings (SSSR count). The minimum atomic E-state index is -0.107. The number of pyridine rings is 2. The molecule has 0 unspecified atom stereocenters. The average Bonchev–Trinajstić information content (AvgIpc) is 2.45. The Kier molecular flexibility index (Phi) is 3.62. The molecule has 0 radical (unpaired) electrons. The molecule has 2 N–H and O–H groups in total. The maximum absolute atomic E-state index is 12.1. The van der Waals surface area contributed by atoms with Crippen molar-refractivity contribution in [2.24, 2.45) is 0 Å². The van der Waals surface area contributed by atoms with Gasteiger partial charge >= 0.3 is 0 Å². The molecule has 106 valence electrons. The van der Waals surface area contributed by atoms with Gasteiger partial charge in [-0.2, -0.15) is 0 Å². The van der Waals surface area contributed by atoms with E-state index in [1.165, 1.54) is 0 Å². The summed E-state index contributed by atoms with van der Waals surface area (Å²) < 4.78 is 0. The molecule has 21 heavy (non-hydrogen) atoms. The lowest BCUT2D eigenvalue weighted by Gasteiger charge is -2.07. The Hall–Kier alpha value is -2.33. The first-order valence-electron chi connectivity index (χ1n) is 6.60. The van der Waals surface area contributed by atoms with Crippen molar-refractivity contribution in [1.29, 1.82) is 0 Å². The molecule has 0 aliphatic carbocycles. The van der Waals surface area contributed by atoms with Crippen molar-refractivity contribution in [2.75, 3.05) is 5.32 Å². The standard InChI is InChI=1S/C16H14ClN3O/c1-10-4-5-18-15(6-10)19-9-12-7-11-8-13(17)2-3-14(11)20-16(12)21/h2-8H,9H2,1H3,(H,18,19)(H,20,21). The second-order valence-corrected chi connectivity index (χ2v) is 5.36. The van der Waals surface area contributed by atoms with E-state index in [2.05, 4.69) is 15.3 Å². The number of aromatic amines is 1. The summed E-state index contributed by atoms with van der Waals surface area (Å²) in [5.74, 6) is 0.751. The summed E-state index contributed by atoms with van der Waals surface area (Å²) in [7, 11) is 0. The molecule has 1 aromatic carbocycles. The first-order valence-corrected chi connectivity index (χ1v) is 6.97. The molecular weight excluding hydrogens is 286 g/mol. The molecule has 0 aliphatic rings. The molecule has 0 fully saturated rings. The number of rotatable bonds is 3. The highest BCUT2D eigenvalue weighted by Gasteiger charge is 2.04. The van der Waals surface area contributed by atoms with Gasteiger partial charge < -0.3 is 10.3 Å². The average molecular weight is 300 g/mol. The van der Waals surface area contributed by atoms with Crippen molar-refractivity contribution in [1.82, 2.24) is 9.97 Å². The monoisotopic (exact) mass is 299 g/mol. The minimum Gasteiger partial charge on any atom is -0.366 e. The fraction of sp³-hybridized carbons (Fsp3) is 0.125. The van der Waals surface area contributed by atoms with Crippen LogP contribution in [0, 0.1) is 6.92 Å². The van der Waals surface area contributed by atoms with Crippen LogP contribution in [-0.2, 0) is 6.54 Å². The zero-order chi connectivity index (χ0) is 14.8. The van der Waals surface area contributed by atoms with Crippen molar-refractivity contribution in [2.45, 2.75) is 13.5 Å². The maximum atomic E-state index is 12.1. The fourth-order valence-corrected chi connectivity index (χ4v) is 2.35. The number of nitrogens with one attached hydrogen (secondary N) is 2. The molecule has 0 amide bonds. The van der Waals surface area contributed by atoms with Crippen LogP contribution in [0.25, 0.3) is 10.9 Å². The van der Waals surface area contributed by atoms with Gasteiger partial charge in [0.25, 0.3) is 5.56 Å². The molecule has 0 saturated carbocycles. The second kappa shape index (κ2) is 5.58. The summed E-state index contributed by atoms with van der Waals surface area (Å²) in [6.07, 6.45) is 1.74. The number of aryl methyl sites for hydroxylation is 1. The van der Waals surface area contributed by atoms with E-state index in [1.807, 2.05) is 31.2 Å². The highest BCUT2D eigenvalue weighted by atomic mass is 35.5. The number of anilines is 1. The molecule has 4 nitrogen and oxygen atoms in total. The predicted octanol–water partition coefficient (Wildman–Crippen LogP) is 3.50. The SMILES string of the molecule is Cc1ccnc(NCc2cc3cc(Cl)ccc3[nH]c2=O)c1. The van der Waals surface area contributed by atoms with Gasteiger partial charge in [0.15, 0.2) is 0 Å². The summed E-state index contributed by atoms with van der Waals surface area (Å²) in [4.78, 5) is 19.1.